The van der Waals surface area contributed by atoms with Crippen molar-refractivity contribution in [3.8, 4) is 11.5 Å². The van der Waals surface area contributed by atoms with Gasteiger partial charge in [-0.25, -0.2) is 8.42 Å². The van der Waals surface area contributed by atoms with Crippen LogP contribution in [0.15, 0.2) is 47.4 Å². The number of hydrogen-bond donors (Lipinski definition) is 1. The van der Waals surface area contributed by atoms with Gasteiger partial charge in [-0.3, -0.25) is 4.79 Å². The third-order valence-electron chi connectivity index (χ3n) is 5.08. The van der Waals surface area contributed by atoms with Crippen LogP contribution in [0.5, 0.6) is 11.5 Å². The van der Waals surface area contributed by atoms with E-state index in [0.717, 1.165) is 25.7 Å². The fraction of sp³-hybridized carbons (Fsp3) is 0.381. The Morgan fingerprint density at radius 3 is 2.41 bits per heavy atom. The standard InChI is InChI=1S/C21H24N2O5S/c24-21(16-9-10-18-19(15-16)28-14-6-13-27-18)22-17-7-2-3-8-20(17)29(25,26)23-11-4-1-5-12-23/h2-3,7-10,15H,1,4-6,11-14H2,(H,22,24). The van der Waals surface area contributed by atoms with E-state index in [9.17, 15) is 13.2 Å². The molecule has 0 atom stereocenters. The Morgan fingerprint density at radius 1 is 0.897 bits per heavy atom. The Morgan fingerprint density at radius 2 is 1.62 bits per heavy atom. The van der Waals surface area contributed by atoms with Crippen molar-refractivity contribution < 1.29 is 22.7 Å². The lowest BCUT2D eigenvalue weighted by Crippen LogP contribution is -2.36. The highest BCUT2D eigenvalue weighted by molar-refractivity contribution is 7.89. The van der Waals surface area contributed by atoms with Gasteiger partial charge in [-0.15, -0.1) is 0 Å². The minimum atomic E-state index is -3.67. The third kappa shape index (κ3) is 4.23. The molecule has 2 heterocycles. The lowest BCUT2D eigenvalue weighted by molar-refractivity contribution is 0.102. The molecule has 0 radical (unpaired) electrons. The van der Waals surface area contributed by atoms with E-state index >= 15 is 0 Å². The summed E-state index contributed by atoms with van der Waals surface area (Å²) < 4.78 is 38.9. The summed E-state index contributed by atoms with van der Waals surface area (Å²) in [6, 6.07) is 11.5. The van der Waals surface area contributed by atoms with Crippen molar-refractivity contribution in [1.82, 2.24) is 4.31 Å². The SMILES string of the molecule is O=C(Nc1ccccc1S(=O)(=O)N1CCCCC1)c1ccc2c(c1)OCCCO2. The van der Waals surface area contributed by atoms with Crippen LogP contribution in [0.4, 0.5) is 5.69 Å². The zero-order chi connectivity index (χ0) is 20.3. The van der Waals surface area contributed by atoms with Gasteiger partial charge >= 0.3 is 0 Å². The second kappa shape index (κ2) is 8.42. The summed E-state index contributed by atoms with van der Waals surface area (Å²) >= 11 is 0. The van der Waals surface area contributed by atoms with Crippen molar-refractivity contribution in [1.29, 1.82) is 0 Å². The number of amides is 1. The van der Waals surface area contributed by atoms with E-state index in [1.165, 1.54) is 10.4 Å². The Balaban J connectivity index is 1.59. The molecule has 154 valence electrons. The van der Waals surface area contributed by atoms with Gasteiger partial charge in [0, 0.05) is 25.1 Å². The van der Waals surface area contributed by atoms with Crippen LogP contribution >= 0.6 is 0 Å². The van der Waals surface area contributed by atoms with Crippen molar-refractivity contribution >= 4 is 21.6 Å². The number of fused-ring (bicyclic) bond motifs is 1. The van der Waals surface area contributed by atoms with E-state index in [1.54, 1.807) is 36.4 Å². The average molecular weight is 416 g/mol. The van der Waals surface area contributed by atoms with E-state index in [2.05, 4.69) is 5.32 Å². The molecule has 2 aromatic rings. The number of carbonyl (C=O) groups is 1. The average Bonchev–Trinajstić information content (AvgIpc) is 2.99. The summed E-state index contributed by atoms with van der Waals surface area (Å²) in [7, 11) is -3.67. The van der Waals surface area contributed by atoms with Gasteiger partial charge in [0.15, 0.2) is 11.5 Å². The topological polar surface area (TPSA) is 84.9 Å². The van der Waals surface area contributed by atoms with Crippen molar-refractivity contribution in [3.63, 3.8) is 0 Å². The molecule has 1 fully saturated rings. The van der Waals surface area contributed by atoms with Gasteiger partial charge in [0.05, 0.1) is 18.9 Å². The third-order valence-corrected chi connectivity index (χ3v) is 7.03. The van der Waals surface area contributed by atoms with Crippen molar-refractivity contribution in [2.24, 2.45) is 0 Å². The maximum atomic E-state index is 13.1. The summed E-state index contributed by atoms with van der Waals surface area (Å²) in [4.78, 5) is 12.9. The summed E-state index contributed by atoms with van der Waals surface area (Å²) in [5, 5.41) is 2.75. The number of nitrogens with zero attached hydrogens (tertiary/aromatic N) is 1. The molecular weight excluding hydrogens is 392 g/mol. The van der Waals surface area contributed by atoms with E-state index in [0.29, 0.717) is 43.4 Å². The molecule has 2 aromatic carbocycles. The molecule has 0 aromatic heterocycles. The largest absolute Gasteiger partial charge is 0.490 e. The minimum Gasteiger partial charge on any atom is -0.490 e. The first-order valence-electron chi connectivity index (χ1n) is 9.86. The Hall–Kier alpha value is -2.58. The minimum absolute atomic E-state index is 0.115. The maximum absolute atomic E-state index is 13.1. The fourth-order valence-electron chi connectivity index (χ4n) is 3.54. The quantitative estimate of drug-likeness (QED) is 0.827. The van der Waals surface area contributed by atoms with E-state index in [1.807, 2.05) is 0 Å². The molecule has 0 bridgehead atoms. The van der Waals surface area contributed by atoms with Gasteiger partial charge in [-0.05, 0) is 43.2 Å². The highest BCUT2D eigenvalue weighted by Gasteiger charge is 2.28. The molecule has 0 aliphatic carbocycles. The van der Waals surface area contributed by atoms with Crippen molar-refractivity contribution in [2.75, 3.05) is 31.6 Å². The smallest absolute Gasteiger partial charge is 0.255 e. The van der Waals surface area contributed by atoms with Crippen LogP contribution in [0, 0.1) is 0 Å². The fourth-order valence-corrected chi connectivity index (χ4v) is 5.20. The van der Waals surface area contributed by atoms with E-state index in [4.69, 9.17) is 9.47 Å². The number of ether oxygens (including phenoxy) is 2. The molecule has 29 heavy (non-hydrogen) atoms. The number of nitrogens with one attached hydrogen (secondary N) is 1. The predicted octanol–water partition coefficient (Wildman–Crippen LogP) is 3.27. The van der Waals surface area contributed by atoms with Gasteiger partial charge in [0.25, 0.3) is 5.91 Å². The van der Waals surface area contributed by atoms with Crippen molar-refractivity contribution in [3.05, 3.63) is 48.0 Å². The Labute approximate surface area is 170 Å². The highest BCUT2D eigenvalue weighted by atomic mass is 32.2. The van der Waals surface area contributed by atoms with E-state index in [-0.39, 0.29) is 10.6 Å². The molecule has 7 nitrogen and oxygen atoms in total. The molecule has 4 rings (SSSR count). The highest BCUT2D eigenvalue weighted by Crippen LogP contribution is 2.31. The first-order valence-corrected chi connectivity index (χ1v) is 11.3. The molecule has 8 heteroatoms. The second-order valence-electron chi connectivity index (χ2n) is 7.13. The first kappa shape index (κ1) is 19.7. The van der Waals surface area contributed by atoms with Crippen molar-refractivity contribution in [2.45, 2.75) is 30.6 Å². The molecule has 1 saturated heterocycles. The summed E-state index contributed by atoms with van der Waals surface area (Å²) in [5.41, 5.74) is 0.648. The van der Waals surface area contributed by atoms with Crippen LogP contribution in [-0.2, 0) is 10.0 Å². The number of sulfonamides is 1. The normalized spacial score (nSPS) is 17.4. The maximum Gasteiger partial charge on any atom is 0.255 e. The number of benzene rings is 2. The molecule has 0 saturated carbocycles. The Kier molecular flexibility index (Phi) is 5.73. The zero-order valence-corrected chi connectivity index (χ0v) is 16.9. The first-order chi connectivity index (χ1) is 14.1. The Bertz CT molecular complexity index is 1000. The summed E-state index contributed by atoms with van der Waals surface area (Å²) in [6.07, 6.45) is 3.52. The number of rotatable bonds is 4. The second-order valence-corrected chi connectivity index (χ2v) is 9.03. The van der Waals surface area contributed by atoms with Gasteiger partial charge in [0.2, 0.25) is 10.0 Å². The lowest BCUT2D eigenvalue weighted by Gasteiger charge is -2.26. The van der Waals surface area contributed by atoms with Gasteiger partial charge < -0.3 is 14.8 Å². The molecule has 2 aliphatic heterocycles. The molecule has 0 spiro atoms. The van der Waals surface area contributed by atoms with Crippen LogP contribution < -0.4 is 14.8 Å². The molecule has 1 N–H and O–H groups in total. The van der Waals surface area contributed by atoms with Gasteiger partial charge in [-0.1, -0.05) is 18.6 Å². The van der Waals surface area contributed by atoms with Crippen LogP contribution in [-0.4, -0.2) is 44.9 Å². The van der Waals surface area contributed by atoms with Crippen LogP contribution in [0.1, 0.15) is 36.0 Å². The zero-order valence-electron chi connectivity index (χ0n) is 16.1. The summed E-state index contributed by atoms with van der Waals surface area (Å²) in [5.74, 6) is 0.721. The predicted molar refractivity (Wildman–Crippen MR) is 109 cm³/mol. The lowest BCUT2D eigenvalue weighted by atomic mass is 10.2. The number of piperidine rings is 1. The monoisotopic (exact) mass is 416 g/mol. The van der Waals surface area contributed by atoms with E-state index < -0.39 is 15.9 Å². The number of carbonyl (C=O) groups excluding carboxylic acids is 1. The number of anilines is 1. The van der Waals surface area contributed by atoms with Crippen LogP contribution in [0.25, 0.3) is 0 Å². The molecular formula is C21H24N2O5S. The molecule has 2 aliphatic rings. The van der Waals surface area contributed by atoms with Crippen LogP contribution in [0.3, 0.4) is 0 Å². The summed E-state index contributed by atoms with van der Waals surface area (Å²) in [6.45, 7) is 2.11. The van der Waals surface area contributed by atoms with Crippen LogP contribution in [0.2, 0.25) is 0 Å². The number of para-hydroxylation sites is 1. The van der Waals surface area contributed by atoms with Gasteiger partial charge in [-0.2, -0.15) is 4.31 Å². The van der Waals surface area contributed by atoms with Gasteiger partial charge in [0.1, 0.15) is 4.90 Å². The molecule has 0 unspecified atom stereocenters. The molecule has 1 amide bonds. The number of hydrogen-bond acceptors (Lipinski definition) is 5.